The largest absolute Gasteiger partial charge is 0.389 e. The molecule has 1 aromatic carbocycles. The Labute approximate surface area is 125 Å². The first-order chi connectivity index (χ1) is 9.30. The Morgan fingerprint density at radius 3 is 2.40 bits per heavy atom. The van der Waals surface area contributed by atoms with Crippen molar-refractivity contribution in [3.05, 3.63) is 35.4 Å². The lowest BCUT2D eigenvalue weighted by molar-refractivity contribution is 0.166. The lowest BCUT2D eigenvalue weighted by Crippen LogP contribution is -2.40. The first-order valence-corrected chi connectivity index (χ1v) is 8.72. The highest BCUT2D eigenvalue weighted by atomic mass is 32.2. The number of benzene rings is 1. The minimum Gasteiger partial charge on any atom is -0.389 e. The van der Waals surface area contributed by atoms with Gasteiger partial charge < -0.3 is 5.73 Å². The molecule has 0 saturated heterocycles. The van der Waals surface area contributed by atoms with Gasteiger partial charge in [-0.25, -0.2) is 13.1 Å². The molecule has 1 fully saturated rings. The van der Waals surface area contributed by atoms with E-state index in [9.17, 15) is 8.42 Å². The lowest BCUT2D eigenvalue weighted by atomic mass is 9.71. The summed E-state index contributed by atoms with van der Waals surface area (Å²) >= 11 is 4.86. The molecule has 0 aromatic heterocycles. The van der Waals surface area contributed by atoms with Gasteiger partial charge in [0.2, 0.25) is 10.0 Å². The molecule has 0 amide bonds. The van der Waals surface area contributed by atoms with Crippen LogP contribution in [0.2, 0.25) is 0 Å². The van der Waals surface area contributed by atoms with Crippen LogP contribution in [0.3, 0.4) is 0 Å². The van der Waals surface area contributed by atoms with Gasteiger partial charge >= 0.3 is 0 Å². The lowest BCUT2D eigenvalue weighted by Gasteiger charge is -2.38. The number of thiocarbonyl (C=S) groups is 1. The van der Waals surface area contributed by atoms with Gasteiger partial charge in [-0.2, -0.15) is 0 Å². The molecule has 1 saturated carbocycles. The van der Waals surface area contributed by atoms with Crippen LogP contribution in [-0.2, 0) is 15.8 Å². The molecule has 4 nitrogen and oxygen atoms in total. The van der Waals surface area contributed by atoms with Crippen LogP contribution in [0.4, 0.5) is 0 Å². The van der Waals surface area contributed by atoms with E-state index >= 15 is 0 Å². The van der Waals surface area contributed by atoms with Gasteiger partial charge in [0.25, 0.3) is 0 Å². The van der Waals surface area contributed by atoms with Crippen LogP contribution in [-0.4, -0.2) is 20.0 Å². The molecule has 0 spiro atoms. The predicted molar refractivity (Wildman–Crippen MR) is 84.9 cm³/mol. The minimum absolute atomic E-state index is 0.0132. The van der Waals surface area contributed by atoms with Gasteiger partial charge in [-0.3, -0.25) is 0 Å². The minimum atomic E-state index is -3.29. The fourth-order valence-electron chi connectivity index (χ4n) is 2.28. The van der Waals surface area contributed by atoms with E-state index in [1.54, 1.807) is 24.3 Å². The Hall–Kier alpha value is -0.980. The molecule has 0 unspecified atom stereocenters. The van der Waals surface area contributed by atoms with E-state index in [1.807, 2.05) is 0 Å². The third-order valence-corrected chi connectivity index (χ3v) is 5.41. The Balaban J connectivity index is 1.95. The molecule has 0 bridgehead atoms. The van der Waals surface area contributed by atoms with Crippen LogP contribution in [0.25, 0.3) is 0 Å². The van der Waals surface area contributed by atoms with Crippen LogP contribution in [0.1, 0.15) is 37.3 Å². The highest BCUT2D eigenvalue weighted by molar-refractivity contribution is 7.88. The Morgan fingerprint density at radius 1 is 1.35 bits per heavy atom. The normalized spacial score (nSPS) is 17.4. The first-order valence-electron chi connectivity index (χ1n) is 6.66. The van der Waals surface area contributed by atoms with Crippen molar-refractivity contribution in [2.75, 3.05) is 6.54 Å². The van der Waals surface area contributed by atoms with E-state index in [4.69, 9.17) is 18.0 Å². The van der Waals surface area contributed by atoms with E-state index in [0.29, 0.717) is 11.5 Å². The summed E-state index contributed by atoms with van der Waals surface area (Å²) in [7, 11) is -3.29. The molecule has 0 radical (unpaired) electrons. The van der Waals surface area contributed by atoms with Crippen LogP contribution < -0.4 is 10.5 Å². The predicted octanol–water partition coefficient (Wildman–Crippen LogP) is 1.93. The average Bonchev–Trinajstić information content (AvgIpc) is 2.34. The molecule has 2 rings (SSSR count). The molecular formula is C14H20N2O2S2. The number of rotatable bonds is 6. The maximum absolute atomic E-state index is 12.0. The number of sulfonamides is 1. The van der Waals surface area contributed by atoms with Crippen molar-refractivity contribution in [3.63, 3.8) is 0 Å². The van der Waals surface area contributed by atoms with E-state index in [2.05, 4.69) is 11.6 Å². The van der Waals surface area contributed by atoms with Crippen molar-refractivity contribution < 1.29 is 8.42 Å². The zero-order chi connectivity index (χ0) is 14.8. The van der Waals surface area contributed by atoms with Gasteiger partial charge in [0.15, 0.2) is 0 Å². The van der Waals surface area contributed by atoms with Gasteiger partial charge in [-0.05, 0) is 23.8 Å². The maximum Gasteiger partial charge on any atom is 0.215 e. The van der Waals surface area contributed by atoms with Gasteiger partial charge in [-0.1, -0.05) is 49.8 Å². The van der Waals surface area contributed by atoms with Gasteiger partial charge in [0.1, 0.15) is 4.99 Å². The van der Waals surface area contributed by atoms with E-state index < -0.39 is 10.0 Å². The highest BCUT2D eigenvalue weighted by Crippen LogP contribution is 2.39. The number of hydrogen-bond donors (Lipinski definition) is 2. The topological polar surface area (TPSA) is 72.2 Å². The molecule has 0 atom stereocenters. The van der Waals surface area contributed by atoms with Gasteiger partial charge in [-0.15, -0.1) is 0 Å². The number of nitrogens with one attached hydrogen (secondary N) is 1. The smallest absolute Gasteiger partial charge is 0.215 e. The second kappa shape index (κ2) is 5.79. The molecule has 1 aromatic rings. The Kier molecular flexibility index (Phi) is 4.46. The molecule has 1 aliphatic rings. The van der Waals surface area contributed by atoms with Crippen molar-refractivity contribution in [2.45, 2.75) is 31.9 Å². The van der Waals surface area contributed by atoms with Crippen molar-refractivity contribution in [1.29, 1.82) is 0 Å². The summed E-state index contributed by atoms with van der Waals surface area (Å²) in [6.07, 6.45) is 3.38. The fourth-order valence-corrected chi connectivity index (χ4v) is 3.71. The van der Waals surface area contributed by atoms with E-state index in [-0.39, 0.29) is 11.2 Å². The SMILES string of the molecule is CC1(CNS(=O)(=O)Cc2ccc(C(N)=S)cc2)CCC1. The molecular weight excluding hydrogens is 292 g/mol. The van der Waals surface area contributed by atoms with Crippen molar-refractivity contribution in [2.24, 2.45) is 11.1 Å². The Morgan fingerprint density at radius 2 is 1.95 bits per heavy atom. The molecule has 0 heterocycles. The molecule has 0 aliphatic heterocycles. The first kappa shape index (κ1) is 15.4. The molecule has 20 heavy (non-hydrogen) atoms. The quantitative estimate of drug-likeness (QED) is 0.787. The molecule has 1 aliphatic carbocycles. The van der Waals surface area contributed by atoms with Crippen molar-refractivity contribution in [3.8, 4) is 0 Å². The number of hydrogen-bond acceptors (Lipinski definition) is 3. The van der Waals surface area contributed by atoms with E-state index in [0.717, 1.165) is 24.0 Å². The van der Waals surface area contributed by atoms with Crippen LogP contribution >= 0.6 is 12.2 Å². The third kappa shape index (κ3) is 4.01. The van der Waals surface area contributed by atoms with Gasteiger partial charge in [0.05, 0.1) is 5.75 Å². The summed E-state index contributed by atoms with van der Waals surface area (Å²) in [6.45, 7) is 2.65. The fraction of sp³-hybridized carbons (Fsp3) is 0.500. The maximum atomic E-state index is 12.0. The van der Waals surface area contributed by atoms with Gasteiger partial charge in [0, 0.05) is 12.1 Å². The third-order valence-electron chi connectivity index (χ3n) is 3.87. The van der Waals surface area contributed by atoms with E-state index in [1.165, 1.54) is 6.42 Å². The summed E-state index contributed by atoms with van der Waals surface area (Å²) in [5.41, 5.74) is 7.13. The van der Waals surface area contributed by atoms with Crippen molar-refractivity contribution >= 4 is 27.2 Å². The molecule has 110 valence electrons. The second-order valence-corrected chi connectivity index (χ2v) is 8.05. The monoisotopic (exact) mass is 312 g/mol. The average molecular weight is 312 g/mol. The van der Waals surface area contributed by atoms with Crippen molar-refractivity contribution in [1.82, 2.24) is 4.72 Å². The number of nitrogens with two attached hydrogens (primary N) is 1. The second-order valence-electron chi connectivity index (χ2n) is 5.81. The summed E-state index contributed by atoms with van der Waals surface area (Å²) in [5, 5.41) is 0. The summed E-state index contributed by atoms with van der Waals surface area (Å²) in [4.78, 5) is 0.315. The Bertz CT molecular complexity index is 590. The molecule has 6 heteroatoms. The highest BCUT2D eigenvalue weighted by Gasteiger charge is 2.32. The molecule has 3 N–H and O–H groups in total. The zero-order valence-electron chi connectivity index (χ0n) is 11.6. The summed E-state index contributed by atoms with van der Waals surface area (Å²) in [5.74, 6) is -0.0132. The van der Waals surface area contributed by atoms with Crippen LogP contribution in [0, 0.1) is 5.41 Å². The summed E-state index contributed by atoms with van der Waals surface area (Å²) in [6, 6.07) is 7.00. The zero-order valence-corrected chi connectivity index (χ0v) is 13.2. The van der Waals surface area contributed by atoms with Crippen LogP contribution in [0.5, 0.6) is 0 Å². The van der Waals surface area contributed by atoms with Crippen LogP contribution in [0.15, 0.2) is 24.3 Å². The standard InChI is InChI=1S/C14H20N2O2S2/c1-14(7-2-8-14)10-16-20(17,18)9-11-3-5-12(6-4-11)13(15)19/h3-6,16H,2,7-10H2,1H3,(H2,15,19). The summed E-state index contributed by atoms with van der Waals surface area (Å²) < 4.78 is 26.8.